The average Bonchev–Trinajstić information content (AvgIpc) is 2.85. The first-order valence-electron chi connectivity index (χ1n) is 5.65. The molecule has 0 saturated heterocycles. The minimum atomic E-state index is -0.951. The quantitative estimate of drug-likeness (QED) is 0.636. The number of hydrogen-bond acceptors (Lipinski definition) is 5. The zero-order chi connectivity index (χ0) is 14.1. The highest BCUT2D eigenvalue weighted by atomic mass is 19.1. The molecule has 1 aliphatic heterocycles. The lowest BCUT2D eigenvalue weighted by molar-refractivity contribution is -0.388. The van der Waals surface area contributed by atoms with Crippen LogP contribution < -0.4 is 14.2 Å². The summed E-state index contributed by atoms with van der Waals surface area (Å²) in [7, 11) is 0. The number of benzene rings is 2. The minimum absolute atomic E-state index is 0.110. The maximum absolute atomic E-state index is 13.5. The summed E-state index contributed by atoms with van der Waals surface area (Å²) in [6.45, 7) is 0.110. The van der Waals surface area contributed by atoms with Crippen molar-refractivity contribution < 1.29 is 23.5 Å². The summed E-state index contributed by atoms with van der Waals surface area (Å²) in [6.07, 6.45) is 0. The van der Waals surface area contributed by atoms with E-state index in [0.29, 0.717) is 17.2 Å². The fourth-order valence-electron chi connectivity index (χ4n) is 1.82. The number of rotatable bonds is 3. The van der Waals surface area contributed by atoms with Gasteiger partial charge in [0, 0.05) is 6.07 Å². The van der Waals surface area contributed by atoms with Crippen LogP contribution in [0.1, 0.15) is 0 Å². The fourth-order valence-corrected chi connectivity index (χ4v) is 1.82. The second-order valence-electron chi connectivity index (χ2n) is 3.96. The fraction of sp³-hybridized carbons (Fsp3) is 0.0769. The molecule has 0 bridgehead atoms. The van der Waals surface area contributed by atoms with Gasteiger partial charge in [-0.1, -0.05) is 6.07 Å². The Hall–Kier alpha value is -2.83. The predicted molar refractivity (Wildman–Crippen MR) is 65.7 cm³/mol. The topological polar surface area (TPSA) is 70.8 Å². The first-order valence-corrected chi connectivity index (χ1v) is 5.65. The Balaban J connectivity index is 1.95. The van der Waals surface area contributed by atoms with Crippen LogP contribution in [0.2, 0.25) is 0 Å². The van der Waals surface area contributed by atoms with Gasteiger partial charge in [-0.15, -0.1) is 0 Å². The van der Waals surface area contributed by atoms with Gasteiger partial charge in [-0.3, -0.25) is 10.1 Å². The van der Waals surface area contributed by atoms with E-state index >= 15 is 0 Å². The van der Waals surface area contributed by atoms with Gasteiger partial charge in [0.15, 0.2) is 11.5 Å². The molecule has 0 fully saturated rings. The number of hydrogen-bond donors (Lipinski definition) is 0. The van der Waals surface area contributed by atoms with Crippen LogP contribution in [0.15, 0.2) is 36.4 Å². The average molecular weight is 277 g/mol. The molecule has 0 saturated carbocycles. The SMILES string of the molecule is O=[N+]([O-])c1c(F)cccc1Oc1ccc2c(c1)OCO2. The third-order valence-corrected chi connectivity index (χ3v) is 2.70. The first-order chi connectivity index (χ1) is 9.65. The van der Waals surface area contributed by atoms with Crippen molar-refractivity contribution >= 4 is 5.69 Å². The Morgan fingerprint density at radius 3 is 2.80 bits per heavy atom. The van der Waals surface area contributed by atoms with Gasteiger partial charge in [0.05, 0.1) is 4.92 Å². The molecule has 6 nitrogen and oxygen atoms in total. The van der Waals surface area contributed by atoms with E-state index in [9.17, 15) is 14.5 Å². The minimum Gasteiger partial charge on any atom is -0.454 e. The van der Waals surface area contributed by atoms with Crippen LogP contribution in [0, 0.1) is 15.9 Å². The molecule has 0 atom stereocenters. The maximum Gasteiger partial charge on any atom is 0.346 e. The molecule has 0 N–H and O–H groups in total. The summed E-state index contributed by atoms with van der Waals surface area (Å²) in [5, 5.41) is 10.9. The summed E-state index contributed by atoms with van der Waals surface area (Å²) >= 11 is 0. The largest absolute Gasteiger partial charge is 0.454 e. The zero-order valence-electron chi connectivity index (χ0n) is 10.0. The lowest BCUT2D eigenvalue weighted by Gasteiger charge is -2.07. The Labute approximate surface area is 112 Å². The van der Waals surface area contributed by atoms with Crippen molar-refractivity contribution in [2.24, 2.45) is 0 Å². The second kappa shape index (κ2) is 4.69. The number of nitro groups is 1. The highest BCUT2D eigenvalue weighted by Gasteiger charge is 2.22. The summed E-state index contributed by atoms with van der Waals surface area (Å²) in [6, 6.07) is 8.36. The third kappa shape index (κ3) is 2.09. The molecule has 0 aliphatic carbocycles. The molecule has 0 unspecified atom stereocenters. The number of ether oxygens (including phenoxy) is 3. The lowest BCUT2D eigenvalue weighted by atomic mass is 10.2. The molecule has 102 valence electrons. The molecule has 0 spiro atoms. The second-order valence-corrected chi connectivity index (χ2v) is 3.96. The molecule has 1 aliphatic rings. The van der Waals surface area contributed by atoms with Gasteiger partial charge in [-0.05, 0) is 24.3 Å². The Morgan fingerprint density at radius 1 is 1.20 bits per heavy atom. The van der Waals surface area contributed by atoms with Gasteiger partial charge < -0.3 is 14.2 Å². The highest BCUT2D eigenvalue weighted by Crippen LogP contribution is 2.39. The Kier molecular flexibility index (Phi) is 2.86. The molecule has 0 amide bonds. The van der Waals surface area contributed by atoms with Crippen molar-refractivity contribution in [2.45, 2.75) is 0 Å². The first kappa shape index (κ1) is 12.2. The van der Waals surface area contributed by atoms with Gasteiger partial charge in [0.2, 0.25) is 18.4 Å². The van der Waals surface area contributed by atoms with E-state index in [0.717, 1.165) is 6.07 Å². The van der Waals surface area contributed by atoms with E-state index < -0.39 is 16.4 Å². The number of nitro benzene ring substituents is 1. The van der Waals surface area contributed by atoms with Crippen LogP contribution >= 0.6 is 0 Å². The molecule has 20 heavy (non-hydrogen) atoms. The standard InChI is InChI=1S/C13H8FNO5/c14-9-2-1-3-11(13(9)15(16)17)20-8-4-5-10-12(6-8)19-7-18-10/h1-6H,7H2. The number of para-hydroxylation sites is 1. The monoisotopic (exact) mass is 277 g/mol. The van der Waals surface area contributed by atoms with Crippen LogP contribution in [-0.2, 0) is 0 Å². The van der Waals surface area contributed by atoms with Crippen LogP contribution in [0.25, 0.3) is 0 Å². The van der Waals surface area contributed by atoms with Gasteiger partial charge in [-0.25, -0.2) is 0 Å². The van der Waals surface area contributed by atoms with Gasteiger partial charge in [0.1, 0.15) is 5.75 Å². The molecule has 7 heteroatoms. The van der Waals surface area contributed by atoms with Crippen molar-refractivity contribution in [2.75, 3.05) is 6.79 Å². The van der Waals surface area contributed by atoms with Crippen molar-refractivity contribution in [3.05, 3.63) is 52.3 Å². The van der Waals surface area contributed by atoms with Gasteiger partial charge in [0.25, 0.3) is 0 Å². The number of halogens is 1. The maximum atomic E-state index is 13.5. The van der Waals surface area contributed by atoms with E-state index in [1.54, 1.807) is 12.1 Å². The summed E-state index contributed by atoms with van der Waals surface area (Å²) in [4.78, 5) is 10.0. The molecule has 3 rings (SSSR count). The summed E-state index contributed by atoms with van der Waals surface area (Å²) < 4.78 is 29.1. The van der Waals surface area contributed by atoms with E-state index in [1.165, 1.54) is 18.2 Å². The van der Waals surface area contributed by atoms with Gasteiger partial charge in [-0.2, -0.15) is 4.39 Å². The molecule has 2 aromatic rings. The van der Waals surface area contributed by atoms with Gasteiger partial charge >= 0.3 is 5.69 Å². The molecule has 1 heterocycles. The van der Waals surface area contributed by atoms with E-state index in [4.69, 9.17) is 14.2 Å². The smallest absolute Gasteiger partial charge is 0.346 e. The van der Waals surface area contributed by atoms with Crippen LogP contribution in [-0.4, -0.2) is 11.7 Å². The van der Waals surface area contributed by atoms with Crippen molar-refractivity contribution in [3.8, 4) is 23.0 Å². The summed E-state index contributed by atoms with van der Waals surface area (Å²) in [5.41, 5.74) is -0.704. The number of nitrogens with zero attached hydrogens (tertiary/aromatic N) is 1. The van der Waals surface area contributed by atoms with Crippen molar-refractivity contribution in [3.63, 3.8) is 0 Å². The zero-order valence-corrected chi connectivity index (χ0v) is 10.0. The Morgan fingerprint density at radius 2 is 2.00 bits per heavy atom. The van der Waals surface area contributed by atoms with E-state index in [2.05, 4.69) is 0 Å². The predicted octanol–water partition coefficient (Wildman–Crippen LogP) is 3.25. The normalized spacial score (nSPS) is 12.2. The van der Waals surface area contributed by atoms with E-state index in [-0.39, 0.29) is 12.5 Å². The lowest BCUT2D eigenvalue weighted by Crippen LogP contribution is -1.96. The van der Waals surface area contributed by atoms with Crippen LogP contribution in [0.4, 0.5) is 10.1 Å². The molecular weight excluding hydrogens is 269 g/mol. The van der Waals surface area contributed by atoms with E-state index in [1.807, 2.05) is 0 Å². The van der Waals surface area contributed by atoms with Crippen LogP contribution in [0.3, 0.4) is 0 Å². The number of fused-ring (bicyclic) bond motifs is 1. The molecule has 0 aromatic heterocycles. The summed E-state index contributed by atoms with van der Waals surface area (Å²) in [5.74, 6) is 0.206. The Bertz CT molecular complexity index is 688. The highest BCUT2D eigenvalue weighted by molar-refractivity contribution is 5.52. The molecular formula is C13H8FNO5. The molecule has 0 radical (unpaired) electrons. The molecule has 2 aromatic carbocycles. The van der Waals surface area contributed by atoms with Crippen LogP contribution in [0.5, 0.6) is 23.0 Å². The van der Waals surface area contributed by atoms with Crippen molar-refractivity contribution in [1.82, 2.24) is 0 Å². The van der Waals surface area contributed by atoms with Crippen molar-refractivity contribution in [1.29, 1.82) is 0 Å². The third-order valence-electron chi connectivity index (χ3n) is 2.70.